The molecular weight excluding hydrogens is 190 g/mol. The number of hydrogen-bond donors (Lipinski definition) is 1. The monoisotopic (exact) mass is 203 g/mol. The molecule has 0 bridgehead atoms. The average molecular weight is 203 g/mol. The van der Waals surface area contributed by atoms with Crippen molar-refractivity contribution in [3.63, 3.8) is 0 Å². The van der Waals surface area contributed by atoms with Gasteiger partial charge in [0.05, 0.1) is 12.7 Å². The highest BCUT2D eigenvalue weighted by Gasteiger charge is 2.06. The van der Waals surface area contributed by atoms with E-state index in [-0.39, 0.29) is 0 Å². The molecule has 0 fully saturated rings. The minimum Gasteiger partial charge on any atom is -0.382 e. The van der Waals surface area contributed by atoms with Gasteiger partial charge in [0, 0.05) is 0 Å². The van der Waals surface area contributed by atoms with Crippen LogP contribution in [0.25, 0.3) is 11.0 Å². The molecule has 2 N–H and O–H groups in total. The van der Waals surface area contributed by atoms with Crippen molar-refractivity contribution in [3.8, 4) is 0 Å². The van der Waals surface area contributed by atoms with Gasteiger partial charge in [-0.1, -0.05) is 11.6 Å². The van der Waals surface area contributed by atoms with Gasteiger partial charge in [0.2, 0.25) is 0 Å². The first kappa shape index (κ1) is 9.64. The molecule has 0 aliphatic carbocycles. The molecule has 2 rings (SSSR count). The summed E-state index contributed by atoms with van der Waals surface area (Å²) in [7, 11) is 0. The van der Waals surface area contributed by atoms with Crippen LogP contribution in [0.2, 0.25) is 0 Å². The van der Waals surface area contributed by atoms with Crippen molar-refractivity contribution in [1.82, 2.24) is 19.7 Å². The Labute approximate surface area is 87.6 Å². The number of allylic oxidation sites excluding steroid dienone is 2. The number of fused-ring (bicyclic) bond motifs is 1. The summed E-state index contributed by atoms with van der Waals surface area (Å²) in [5, 5.41) is 4.22. The molecule has 0 atom stereocenters. The lowest BCUT2D eigenvalue weighted by molar-refractivity contribution is 0.724. The molecule has 5 nitrogen and oxygen atoms in total. The molecule has 15 heavy (non-hydrogen) atoms. The Bertz CT molecular complexity index is 508. The first-order valence-electron chi connectivity index (χ1n) is 4.74. The van der Waals surface area contributed by atoms with Crippen LogP contribution in [-0.2, 0) is 6.54 Å². The van der Waals surface area contributed by atoms with Crippen molar-refractivity contribution in [2.24, 2.45) is 0 Å². The quantitative estimate of drug-likeness (QED) is 0.748. The second-order valence-electron chi connectivity index (χ2n) is 3.60. The van der Waals surface area contributed by atoms with Gasteiger partial charge >= 0.3 is 0 Å². The molecular formula is C10H13N5. The molecule has 0 saturated carbocycles. The van der Waals surface area contributed by atoms with Crippen molar-refractivity contribution >= 4 is 16.9 Å². The van der Waals surface area contributed by atoms with Gasteiger partial charge in [0.25, 0.3) is 0 Å². The Kier molecular flexibility index (Phi) is 2.37. The predicted molar refractivity (Wildman–Crippen MR) is 59.2 cm³/mol. The summed E-state index contributed by atoms with van der Waals surface area (Å²) in [4.78, 5) is 8.05. The van der Waals surface area contributed by atoms with E-state index in [9.17, 15) is 0 Å². The third kappa shape index (κ3) is 1.81. The van der Waals surface area contributed by atoms with Crippen molar-refractivity contribution in [2.45, 2.75) is 20.4 Å². The van der Waals surface area contributed by atoms with E-state index in [4.69, 9.17) is 5.73 Å². The molecule has 0 spiro atoms. The Morgan fingerprint density at radius 3 is 3.00 bits per heavy atom. The second-order valence-corrected chi connectivity index (χ2v) is 3.60. The van der Waals surface area contributed by atoms with Crippen LogP contribution < -0.4 is 5.73 Å². The summed E-state index contributed by atoms with van der Waals surface area (Å²) in [6.07, 6.45) is 5.23. The SMILES string of the molecule is CC(C)=CCn1ncc2ncnc(N)c21. The Balaban J connectivity index is 2.48. The molecule has 78 valence electrons. The van der Waals surface area contributed by atoms with Gasteiger partial charge in [-0.2, -0.15) is 5.10 Å². The van der Waals surface area contributed by atoms with Crippen LogP contribution in [0.4, 0.5) is 5.82 Å². The third-order valence-corrected chi connectivity index (χ3v) is 2.13. The zero-order valence-corrected chi connectivity index (χ0v) is 8.81. The van der Waals surface area contributed by atoms with Crippen molar-refractivity contribution in [1.29, 1.82) is 0 Å². The lowest BCUT2D eigenvalue weighted by Gasteiger charge is -2.01. The van der Waals surface area contributed by atoms with E-state index in [1.54, 1.807) is 10.9 Å². The molecule has 0 unspecified atom stereocenters. The first-order valence-corrected chi connectivity index (χ1v) is 4.74. The van der Waals surface area contributed by atoms with Crippen LogP contribution in [0.5, 0.6) is 0 Å². The number of nitrogens with zero attached hydrogens (tertiary/aromatic N) is 4. The summed E-state index contributed by atoms with van der Waals surface area (Å²) >= 11 is 0. The minimum absolute atomic E-state index is 0.472. The van der Waals surface area contributed by atoms with E-state index in [0.717, 1.165) is 11.0 Å². The topological polar surface area (TPSA) is 69.6 Å². The molecule has 0 aromatic carbocycles. The lowest BCUT2D eigenvalue weighted by atomic mass is 10.3. The van der Waals surface area contributed by atoms with Gasteiger partial charge in [0.1, 0.15) is 17.4 Å². The summed E-state index contributed by atoms with van der Waals surface area (Å²) in [6, 6.07) is 0. The van der Waals surface area contributed by atoms with Crippen LogP contribution in [0.15, 0.2) is 24.2 Å². The summed E-state index contributed by atoms with van der Waals surface area (Å²) in [5.41, 5.74) is 8.60. The Hall–Kier alpha value is -1.91. The maximum absolute atomic E-state index is 5.78. The maximum atomic E-state index is 5.78. The standard InChI is InChI=1S/C10H13N5/c1-7(2)3-4-15-9-8(5-14-15)12-6-13-10(9)11/h3,5-6H,4H2,1-2H3,(H2,11,12,13). The highest BCUT2D eigenvalue weighted by molar-refractivity contribution is 5.83. The minimum atomic E-state index is 0.472. The molecule has 0 aliphatic heterocycles. The fraction of sp³-hybridized carbons (Fsp3) is 0.300. The van der Waals surface area contributed by atoms with E-state index >= 15 is 0 Å². The van der Waals surface area contributed by atoms with E-state index in [1.807, 2.05) is 13.8 Å². The molecule has 5 heteroatoms. The van der Waals surface area contributed by atoms with Gasteiger partial charge in [-0.05, 0) is 13.8 Å². The van der Waals surface area contributed by atoms with Gasteiger partial charge < -0.3 is 5.73 Å². The zero-order valence-electron chi connectivity index (χ0n) is 8.81. The highest BCUT2D eigenvalue weighted by atomic mass is 15.3. The zero-order chi connectivity index (χ0) is 10.8. The van der Waals surface area contributed by atoms with Crippen molar-refractivity contribution < 1.29 is 0 Å². The van der Waals surface area contributed by atoms with Gasteiger partial charge in [0.15, 0.2) is 5.82 Å². The highest BCUT2D eigenvalue weighted by Crippen LogP contribution is 2.15. The fourth-order valence-electron chi connectivity index (χ4n) is 1.36. The maximum Gasteiger partial charge on any atom is 0.153 e. The molecule has 0 aliphatic rings. The van der Waals surface area contributed by atoms with Crippen molar-refractivity contribution in [2.75, 3.05) is 5.73 Å². The number of nitrogens with two attached hydrogens (primary N) is 1. The summed E-state index contributed by atoms with van der Waals surface area (Å²) < 4.78 is 1.80. The second kappa shape index (κ2) is 3.68. The van der Waals surface area contributed by atoms with Crippen LogP contribution >= 0.6 is 0 Å². The number of rotatable bonds is 2. The first-order chi connectivity index (χ1) is 7.18. The normalized spacial score (nSPS) is 10.5. The van der Waals surface area contributed by atoms with Gasteiger partial charge in [-0.3, -0.25) is 4.68 Å². The summed E-state index contributed by atoms with van der Waals surface area (Å²) in [6.45, 7) is 4.79. The van der Waals surface area contributed by atoms with Crippen LogP contribution in [0, 0.1) is 0 Å². The van der Waals surface area contributed by atoms with Crippen LogP contribution in [0.1, 0.15) is 13.8 Å². The van der Waals surface area contributed by atoms with Crippen LogP contribution in [0.3, 0.4) is 0 Å². The smallest absolute Gasteiger partial charge is 0.153 e. The molecule has 2 aromatic heterocycles. The molecule has 0 radical (unpaired) electrons. The fourth-order valence-corrected chi connectivity index (χ4v) is 1.36. The number of nitrogen functional groups attached to an aromatic ring is 1. The van der Waals surface area contributed by atoms with E-state index in [1.165, 1.54) is 11.9 Å². The Morgan fingerprint density at radius 2 is 2.27 bits per heavy atom. The van der Waals surface area contributed by atoms with E-state index < -0.39 is 0 Å². The van der Waals surface area contributed by atoms with E-state index in [2.05, 4.69) is 21.1 Å². The lowest BCUT2D eigenvalue weighted by Crippen LogP contribution is -2.02. The average Bonchev–Trinajstić information content (AvgIpc) is 2.59. The third-order valence-electron chi connectivity index (χ3n) is 2.13. The number of anilines is 1. The van der Waals surface area contributed by atoms with Gasteiger partial charge in [-0.25, -0.2) is 9.97 Å². The van der Waals surface area contributed by atoms with Gasteiger partial charge in [-0.15, -0.1) is 0 Å². The molecule has 2 heterocycles. The van der Waals surface area contributed by atoms with E-state index in [0.29, 0.717) is 12.4 Å². The predicted octanol–water partition coefficient (Wildman–Crippen LogP) is 1.37. The number of aromatic nitrogens is 4. The largest absolute Gasteiger partial charge is 0.382 e. The van der Waals surface area contributed by atoms with Crippen LogP contribution in [-0.4, -0.2) is 19.7 Å². The molecule has 0 amide bonds. The van der Waals surface area contributed by atoms with Crippen molar-refractivity contribution in [3.05, 3.63) is 24.2 Å². The number of hydrogen-bond acceptors (Lipinski definition) is 4. The summed E-state index contributed by atoms with van der Waals surface area (Å²) in [5.74, 6) is 0.472. The molecule has 0 saturated heterocycles. The Morgan fingerprint density at radius 1 is 1.47 bits per heavy atom. The molecule has 2 aromatic rings.